The number of amides is 2. The fourth-order valence-electron chi connectivity index (χ4n) is 3.28. The van der Waals surface area contributed by atoms with E-state index in [9.17, 15) is 14.0 Å². The molecule has 1 aliphatic heterocycles. The van der Waals surface area contributed by atoms with Crippen LogP contribution >= 0.6 is 11.6 Å². The fourth-order valence-corrected chi connectivity index (χ4v) is 3.53. The Morgan fingerprint density at radius 1 is 1.26 bits per heavy atom. The summed E-state index contributed by atoms with van der Waals surface area (Å²) >= 11 is 5.92. The molecule has 158 valence electrons. The van der Waals surface area contributed by atoms with E-state index in [-0.39, 0.29) is 18.9 Å². The lowest BCUT2D eigenvalue weighted by molar-refractivity contribution is -0.124. The number of hydrogen-bond donors (Lipinski definition) is 3. The second kappa shape index (κ2) is 7.62. The van der Waals surface area contributed by atoms with Gasteiger partial charge in [0, 0.05) is 28.7 Å². The van der Waals surface area contributed by atoms with Crippen molar-refractivity contribution in [2.75, 3.05) is 10.6 Å². The van der Waals surface area contributed by atoms with E-state index < -0.39 is 11.7 Å². The van der Waals surface area contributed by atoms with Gasteiger partial charge in [0.1, 0.15) is 5.82 Å². The first-order valence-corrected chi connectivity index (χ1v) is 10.1. The van der Waals surface area contributed by atoms with Gasteiger partial charge in [0.25, 0.3) is 5.91 Å². The van der Waals surface area contributed by atoms with Gasteiger partial charge in [0.2, 0.25) is 17.8 Å². The SMILES string of the molecule is O=C1C/C(=C\c2cnn3c(NC4CC4)nc(NCc4cc(F)cc(Cl)c4)nc23)C(=O)N1. The van der Waals surface area contributed by atoms with E-state index in [1.807, 2.05) is 0 Å². The quantitative estimate of drug-likeness (QED) is 0.398. The van der Waals surface area contributed by atoms with Crippen LogP contribution in [0.4, 0.5) is 16.3 Å². The zero-order valence-electron chi connectivity index (χ0n) is 16.2. The highest BCUT2D eigenvalue weighted by molar-refractivity contribution is 6.30. The third-order valence-electron chi connectivity index (χ3n) is 4.90. The Labute approximate surface area is 180 Å². The summed E-state index contributed by atoms with van der Waals surface area (Å²) in [5.41, 5.74) is 2.04. The number of rotatable bonds is 6. The third-order valence-corrected chi connectivity index (χ3v) is 5.12. The van der Waals surface area contributed by atoms with Gasteiger partial charge < -0.3 is 10.6 Å². The molecule has 1 saturated carbocycles. The number of hydrogen-bond acceptors (Lipinski definition) is 7. The van der Waals surface area contributed by atoms with E-state index in [0.717, 1.165) is 12.8 Å². The summed E-state index contributed by atoms with van der Waals surface area (Å²) in [6, 6.07) is 4.59. The van der Waals surface area contributed by atoms with Crippen molar-refractivity contribution in [3.8, 4) is 0 Å². The second-order valence-corrected chi connectivity index (χ2v) is 7.92. The smallest absolute Gasteiger partial charge is 0.254 e. The number of carbonyl (C=O) groups excluding carboxylic acids is 2. The number of halogens is 2. The standard InChI is InChI=1S/C20H17ClFN7O2/c21-13-3-10(4-14(22)7-13)8-23-19-27-17-12(5-11-6-16(30)26-18(11)31)9-24-29(17)20(28-19)25-15-1-2-15/h3-5,7,9,15H,1-2,6,8H2,(H,26,30,31)(H2,23,25,27,28)/b11-5+. The maximum atomic E-state index is 13.6. The Kier molecular flexibility index (Phi) is 4.78. The van der Waals surface area contributed by atoms with Gasteiger partial charge in [-0.25, -0.2) is 4.39 Å². The minimum Gasteiger partial charge on any atom is -0.351 e. The van der Waals surface area contributed by atoms with Gasteiger partial charge in [-0.05, 0) is 42.7 Å². The molecule has 2 fully saturated rings. The van der Waals surface area contributed by atoms with Crippen LogP contribution in [0.25, 0.3) is 11.7 Å². The summed E-state index contributed by atoms with van der Waals surface area (Å²) in [5.74, 6) is -0.372. The van der Waals surface area contributed by atoms with Crippen molar-refractivity contribution in [3.63, 3.8) is 0 Å². The number of fused-ring (bicyclic) bond motifs is 1. The first-order valence-electron chi connectivity index (χ1n) is 9.70. The molecule has 9 nitrogen and oxygen atoms in total. The Hall–Kier alpha value is -3.53. The number of anilines is 2. The number of nitrogens with zero attached hydrogens (tertiary/aromatic N) is 4. The van der Waals surface area contributed by atoms with Crippen molar-refractivity contribution in [1.29, 1.82) is 0 Å². The van der Waals surface area contributed by atoms with E-state index in [2.05, 4.69) is 31.0 Å². The summed E-state index contributed by atoms with van der Waals surface area (Å²) in [4.78, 5) is 32.4. The molecule has 0 radical (unpaired) electrons. The molecule has 1 aromatic carbocycles. The molecule has 0 atom stereocenters. The third kappa shape index (κ3) is 4.19. The van der Waals surface area contributed by atoms with E-state index >= 15 is 0 Å². The molecule has 1 aliphatic carbocycles. The Morgan fingerprint density at radius 2 is 2.10 bits per heavy atom. The average Bonchev–Trinajstić information content (AvgIpc) is 3.34. The zero-order valence-corrected chi connectivity index (χ0v) is 16.9. The van der Waals surface area contributed by atoms with E-state index in [0.29, 0.717) is 45.3 Å². The summed E-state index contributed by atoms with van der Waals surface area (Å²) in [6.07, 6.45) is 5.26. The largest absolute Gasteiger partial charge is 0.351 e. The molecule has 3 aromatic rings. The normalized spacial score (nSPS) is 17.4. The predicted octanol–water partition coefficient (Wildman–Crippen LogP) is 2.53. The predicted molar refractivity (Wildman–Crippen MR) is 112 cm³/mol. The molecule has 2 aliphatic rings. The molecule has 1 saturated heterocycles. The highest BCUT2D eigenvalue weighted by Crippen LogP contribution is 2.26. The minimum absolute atomic E-state index is 0.0138. The molecule has 5 rings (SSSR count). The molecular weight excluding hydrogens is 425 g/mol. The molecule has 0 unspecified atom stereocenters. The monoisotopic (exact) mass is 441 g/mol. The average molecular weight is 442 g/mol. The van der Waals surface area contributed by atoms with Gasteiger partial charge in [-0.1, -0.05) is 11.6 Å². The minimum atomic E-state index is -0.425. The van der Waals surface area contributed by atoms with Crippen LogP contribution in [0.3, 0.4) is 0 Å². The van der Waals surface area contributed by atoms with Crippen LogP contribution in [0, 0.1) is 5.82 Å². The first kappa shape index (κ1) is 19.4. The van der Waals surface area contributed by atoms with Crippen LogP contribution in [-0.2, 0) is 16.1 Å². The van der Waals surface area contributed by atoms with Crippen molar-refractivity contribution >= 4 is 47.0 Å². The molecule has 2 amide bonds. The van der Waals surface area contributed by atoms with Crippen LogP contribution in [0.5, 0.6) is 0 Å². The topological polar surface area (TPSA) is 113 Å². The Balaban J connectivity index is 1.49. The summed E-state index contributed by atoms with van der Waals surface area (Å²) in [6.45, 7) is 0.262. The van der Waals surface area contributed by atoms with Crippen molar-refractivity contribution < 1.29 is 14.0 Å². The molecular formula is C20H17ClFN7O2. The van der Waals surface area contributed by atoms with Gasteiger partial charge in [-0.3, -0.25) is 14.9 Å². The Morgan fingerprint density at radius 3 is 2.81 bits per heavy atom. The number of benzene rings is 1. The lowest BCUT2D eigenvalue weighted by Crippen LogP contribution is -2.19. The summed E-state index contributed by atoms with van der Waals surface area (Å²) < 4.78 is 15.2. The zero-order chi connectivity index (χ0) is 21.5. The molecule has 3 heterocycles. The highest BCUT2D eigenvalue weighted by atomic mass is 35.5. The van der Waals surface area contributed by atoms with Crippen molar-refractivity contribution in [3.05, 3.63) is 51.9 Å². The molecule has 3 N–H and O–H groups in total. The lowest BCUT2D eigenvalue weighted by Gasteiger charge is -2.10. The van der Waals surface area contributed by atoms with Crippen LogP contribution in [0.2, 0.25) is 5.02 Å². The summed E-state index contributed by atoms with van der Waals surface area (Å²) in [5, 5.41) is 13.3. The van der Waals surface area contributed by atoms with Gasteiger partial charge >= 0.3 is 0 Å². The van der Waals surface area contributed by atoms with Gasteiger partial charge in [-0.2, -0.15) is 19.6 Å². The van der Waals surface area contributed by atoms with Gasteiger partial charge in [-0.15, -0.1) is 0 Å². The summed E-state index contributed by atoms with van der Waals surface area (Å²) in [7, 11) is 0. The second-order valence-electron chi connectivity index (χ2n) is 7.48. The van der Waals surface area contributed by atoms with Gasteiger partial charge in [0.05, 0.1) is 12.6 Å². The molecule has 0 spiro atoms. The highest BCUT2D eigenvalue weighted by Gasteiger charge is 2.26. The van der Waals surface area contributed by atoms with Crippen LogP contribution in [0.1, 0.15) is 30.4 Å². The molecule has 11 heteroatoms. The van der Waals surface area contributed by atoms with E-state index in [1.165, 1.54) is 12.1 Å². The van der Waals surface area contributed by atoms with E-state index in [1.54, 1.807) is 22.9 Å². The molecule has 0 bridgehead atoms. The van der Waals surface area contributed by atoms with Crippen LogP contribution < -0.4 is 16.0 Å². The van der Waals surface area contributed by atoms with Crippen molar-refractivity contribution in [1.82, 2.24) is 24.9 Å². The number of carbonyl (C=O) groups is 2. The molecule has 31 heavy (non-hydrogen) atoms. The maximum Gasteiger partial charge on any atom is 0.254 e. The van der Waals surface area contributed by atoms with Crippen molar-refractivity contribution in [2.24, 2.45) is 0 Å². The van der Waals surface area contributed by atoms with E-state index in [4.69, 9.17) is 11.6 Å². The number of imide groups is 1. The van der Waals surface area contributed by atoms with Gasteiger partial charge in [0.15, 0.2) is 5.65 Å². The van der Waals surface area contributed by atoms with Crippen molar-refractivity contribution in [2.45, 2.75) is 31.8 Å². The maximum absolute atomic E-state index is 13.6. The van der Waals surface area contributed by atoms with Crippen LogP contribution in [0.15, 0.2) is 30.0 Å². The first-order chi connectivity index (χ1) is 14.9. The number of aromatic nitrogens is 4. The number of nitrogens with one attached hydrogen (secondary N) is 3. The molecule has 2 aromatic heterocycles. The Bertz CT molecular complexity index is 1230. The fraction of sp³-hybridized carbons (Fsp3) is 0.250. The van der Waals surface area contributed by atoms with Crippen LogP contribution in [-0.4, -0.2) is 37.4 Å². The lowest BCUT2D eigenvalue weighted by atomic mass is 10.1.